The van der Waals surface area contributed by atoms with Crippen LogP contribution in [0.5, 0.6) is 0 Å². The maximum atomic E-state index is 13.3. The predicted molar refractivity (Wildman–Crippen MR) is 60.4 cm³/mol. The molecule has 4 heteroatoms. The first kappa shape index (κ1) is 10.6. The van der Waals surface area contributed by atoms with Gasteiger partial charge in [0, 0.05) is 19.2 Å². The molecule has 0 aromatic heterocycles. The molecule has 0 aliphatic carbocycles. The minimum absolute atomic E-state index is 0.00876. The van der Waals surface area contributed by atoms with Crippen LogP contribution in [0, 0.1) is 5.82 Å². The molecular formula is C11H11BrFNO. The smallest absolute Gasteiger partial charge is 0.223 e. The summed E-state index contributed by atoms with van der Waals surface area (Å²) in [6.45, 7) is 2.26. The van der Waals surface area contributed by atoms with Crippen molar-refractivity contribution in [3.05, 3.63) is 28.0 Å². The number of carbonyl (C=O) groups excluding carboxylic acids is 1. The van der Waals surface area contributed by atoms with Gasteiger partial charge in [0.25, 0.3) is 0 Å². The summed E-state index contributed by atoms with van der Waals surface area (Å²) in [6, 6.07) is 3.19. The monoisotopic (exact) mass is 271 g/mol. The van der Waals surface area contributed by atoms with E-state index in [0.717, 1.165) is 30.6 Å². The van der Waals surface area contributed by atoms with Crippen LogP contribution < -0.4 is 4.90 Å². The van der Waals surface area contributed by atoms with Gasteiger partial charge in [-0.15, -0.1) is 0 Å². The lowest BCUT2D eigenvalue weighted by atomic mass is 10.0. The third-order valence-corrected chi connectivity index (χ3v) is 3.23. The summed E-state index contributed by atoms with van der Waals surface area (Å²) >= 11 is 3.14. The second kappa shape index (κ2) is 3.93. The van der Waals surface area contributed by atoms with Gasteiger partial charge in [-0.3, -0.25) is 4.79 Å². The van der Waals surface area contributed by atoms with Gasteiger partial charge in [-0.25, -0.2) is 4.39 Å². The third-order valence-electron chi connectivity index (χ3n) is 2.62. The number of rotatable bonds is 0. The summed E-state index contributed by atoms with van der Waals surface area (Å²) in [6.07, 6.45) is 1.73. The zero-order valence-corrected chi connectivity index (χ0v) is 9.97. The number of amides is 1. The lowest BCUT2D eigenvalue weighted by molar-refractivity contribution is -0.116. The van der Waals surface area contributed by atoms with Gasteiger partial charge in [0.15, 0.2) is 0 Å². The molecule has 2 rings (SSSR count). The molecule has 1 aliphatic heterocycles. The van der Waals surface area contributed by atoms with E-state index in [9.17, 15) is 9.18 Å². The summed E-state index contributed by atoms with van der Waals surface area (Å²) in [4.78, 5) is 13.1. The quantitative estimate of drug-likeness (QED) is 0.711. The summed E-state index contributed by atoms with van der Waals surface area (Å²) in [7, 11) is 0. The van der Waals surface area contributed by atoms with E-state index in [1.54, 1.807) is 11.0 Å². The maximum Gasteiger partial charge on any atom is 0.223 e. The van der Waals surface area contributed by atoms with Gasteiger partial charge in [-0.2, -0.15) is 0 Å². The first-order valence-corrected chi connectivity index (χ1v) is 5.65. The van der Waals surface area contributed by atoms with Crippen LogP contribution in [0.15, 0.2) is 16.6 Å². The van der Waals surface area contributed by atoms with E-state index in [0.29, 0.717) is 4.47 Å². The molecule has 0 saturated carbocycles. The number of halogens is 2. The average molecular weight is 272 g/mol. The molecule has 1 aromatic carbocycles. The summed E-state index contributed by atoms with van der Waals surface area (Å²) in [5, 5.41) is 0. The maximum absolute atomic E-state index is 13.3. The second-order valence-corrected chi connectivity index (χ2v) is 4.52. The molecule has 0 atom stereocenters. The normalized spacial score (nSPS) is 15.0. The summed E-state index contributed by atoms with van der Waals surface area (Å²) < 4.78 is 13.7. The Morgan fingerprint density at radius 3 is 2.93 bits per heavy atom. The number of benzene rings is 1. The fourth-order valence-corrected chi connectivity index (χ4v) is 2.24. The highest BCUT2D eigenvalue weighted by Gasteiger charge is 2.21. The van der Waals surface area contributed by atoms with Crippen LogP contribution in [0.4, 0.5) is 10.1 Å². The Morgan fingerprint density at radius 1 is 1.53 bits per heavy atom. The molecule has 0 fully saturated rings. The van der Waals surface area contributed by atoms with Crippen LogP contribution in [-0.4, -0.2) is 12.5 Å². The van der Waals surface area contributed by atoms with Gasteiger partial charge in [-0.05, 0) is 46.5 Å². The fourth-order valence-electron chi connectivity index (χ4n) is 1.90. The van der Waals surface area contributed by atoms with E-state index in [1.165, 1.54) is 13.0 Å². The van der Waals surface area contributed by atoms with Crippen molar-refractivity contribution in [2.75, 3.05) is 11.4 Å². The lowest BCUT2D eigenvalue weighted by Crippen LogP contribution is -2.33. The SMILES string of the molecule is CC(=O)N1CCCc2cc(F)c(Br)cc21. The molecule has 1 aliphatic rings. The van der Waals surface area contributed by atoms with Crippen molar-refractivity contribution in [1.82, 2.24) is 0 Å². The lowest BCUT2D eigenvalue weighted by Gasteiger charge is -2.28. The average Bonchev–Trinajstić information content (AvgIpc) is 2.18. The molecule has 1 aromatic rings. The zero-order valence-electron chi connectivity index (χ0n) is 8.39. The molecule has 0 unspecified atom stereocenters. The van der Waals surface area contributed by atoms with E-state index in [2.05, 4.69) is 15.9 Å². The van der Waals surface area contributed by atoms with Crippen LogP contribution in [0.3, 0.4) is 0 Å². The Hall–Kier alpha value is -0.900. The largest absolute Gasteiger partial charge is 0.312 e. The molecule has 1 amide bonds. The highest BCUT2D eigenvalue weighted by molar-refractivity contribution is 9.10. The van der Waals surface area contributed by atoms with E-state index in [4.69, 9.17) is 0 Å². The van der Waals surface area contributed by atoms with Crippen molar-refractivity contribution in [2.45, 2.75) is 19.8 Å². The van der Waals surface area contributed by atoms with Crippen LogP contribution in [0.25, 0.3) is 0 Å². The van der Waals surface area contributed by atoms with Gasteiger partial charge in [-0.1, -0.05) is 0 Å². The Kier molecular flexibility index (Phi) is 2.78. The van der Waals surface area contributed by atoms with E-state index < -0.39 is 0 Å². The summed E-state index contributed by atoms with van der Waals surface area (Å²) in [5.74, 6) is -0.256. The standard InChI is InChI=1S/C11H11BrFNO/c1-7(15)14-4-2-3-8-5-10(13)9(12)6-11(8)14/h5-6H,2-4H2,1H3. The first-order chi connectivity index (χ1) is 7.09. The fraction of sp³-hybridized carbons (Fsp3) is 0.364. The Balaban J connectivity index is 2.51. The van der Waals surface area contributed by atoms with Crippen molar-refractivity contribution >= 4 is 27.5 Å². The molecule has 2 nitrogen and oxygen atoms in total. The van der Waals surface area contributed by atoms with Crippen molar-refractivity contribution in [3.63, 3.8) is 0 Å². The van der Waals surface area contributed by atoms with Crippen molar-refractivity contribution in [3.8, 4) is 0 Å². The predicted octanol–water partition coefficient (Wildman–Crippen LogP) is 2.89. The number of hydrogen-bond donors (Lipinski definition) is 0. The molecule has 1 heterocycles. The van der Waals surface area contributed by atoms with Crippen LogP contribution >= 0.6 is 15.9 Å². The van der Waals surface area contributed by atoms with E-state index >= 15 is 0 Å². The number of anilines is 1. The minimum atomic E-state index is -0.265. The number of fused-ring (bicyclic) bond motifs is 1. The summed E-state index contributed by atoms with van der Waals surface area (Å²) in [5.41, 5.74) is 1.75. The molecular weight excluding hydrogens is 261 g/mol. The first-order valence-electron chi connectivity index (χ1n) is 4.85. The topological polar surface area (TPSA) is 20.3 Å². The molecule has 80 valence electrons. The van der Waals surface area contributed by atoms with Crippen molar-refractivity contribution in [2.24, 2.45) is 0 Å². The van der Waals surface area contributed by atoms with Gasteiger partial charge >= 0.3 is 0 Å². The van der Waals surface area contributed by atoms with E-state index in [1.807, 2.05) is 0 Å². The Labute approximate surface area is 96.2 Å². The Bertz CT molecular complexity index is 419. The molecule has 0 N–H and O–H groups in total. The number of aryl methyl sites for hydroxylation is 1. The van der Waals surface area contributed by atoms with Crippen LogP contribution in [0.2, 0.25) is 0 Å². The van der Waals surface area contributed by atoms with Gasteiger partial charge in [0.1, 0.15) is 5.82 Å². The second-order valence-electron chi connectivity index (χ2n) is 3.67. The minimum Gasteiger partial charge on any atom is -0.312 e. The number of nitrogens with zero attached hydrogens (tertiary/aromatic N) is 1. The van der Waals surface area contributed by atoms with Gasteiger partial charge < -0.3 is 4.90 Å². The van der Waals surface area contributed by atoms with Crippen LogP contribution in [0.1, 0.15) is 18.9 Å². The molecule has 15 heavy (non-hydrogen) atoms. The van der Waals surface area contributed by atoms with Crippen LogP contribution in [-0.2, 0) is 11.2 Å². The van der Waals surface area contributed by atoms with Gasteiger partial charge in [0.2, 0.25) is 5.91 Å². The number of hydrogen-bond acceptors (Lipinski definition) is 1. The zero-order chi connectivity index (χ0) is 11.0. The molecule has 0 saturated heterocycles. The molecule has 0 bridgehead atoms. The third kappa shape index (κ3) is 1.91. The van der Waals surface area contributed by atoms with Gasteiger partial charge in [0.05, 0.1) is 4.47 Å². The van der Waals surface area contributed by atoms with E-state index in [-0.39, 0.29) is 11.7 Å². The Morgan fingerprint density at radius 2 is 2.27 bits per heavy atom. The molecule has 0 spiro atoms. The number of carbonyl (C=O) groups is 1. The van der Waals surface area contributed by atoms with Crippen molar-refractivity contribution in [1.29, 1.82) is 0 Å². The highest BCUT2D eigenvalue weighted by Crippen LogP contribution is 2.31. The van der Waals surface area contributed by atoms with Crippen molar-refractivity contribution < 1.29 is 9.18 Å². The highest BCUT2D eigenvalue weighted by atomic mass is 79.9. The molecule has 0 radical (unpaired) electrons.